The molecule has 1 amide bonds. The number of sulfonamides is 1. The van der Waals surface area contributed by atoms with Crippen molar-refractivity contribution in [3.05, 3.63) is 48.2 Å². The van der Waals surface area contributed by atoms with Gasteiger partial charge in [0.05, 0.1) is 17.9 Å². The molecule has 0 aliphatic carbocycles. The number of piperidine rings is 1. The lowest BCUT2D eigenvalue weighted by Gasteiger charge is -2.31. The lowest BCUT2D eigenvalue weighted by atomic mass is 9.99. The number of rotatable bonds is 8. The summed E-state index contributed by atoms with van der Waals surface area (Å²) in [6, 6.07) is 9.01. The zero-order chi connectivity index (χ0) is 24.1. The number of benzene rings is 1. The highest BCUT2D eigenvalue weighted by atomic mass is 32.2. The van der Waals surface area contributed by atoms with E-state index in [4.69, 9.17) is 9.47 Å². The molecule has 1 atom stereocenters. The molecule has 1 aliphatic rings. The van der Waals surface area contributed by atoms with E-state index in [0.29, 0.717) is 18.6 Å². The van der Waals surface area contributed by atoms with Crippen LogP contribution in [-0.2, 0) is 21.4 Å². The van der Waals surface area contributed by atoms with Gasteiger partial charge < -0.3 is 14.8 Å². The van der Waals surface area contributed by atoms with Crippen molar-refractivity contribution in [3.63, 3.8) is 0 Å². The molecular formula is C21H24F3N3O5S. The molecule has 0 saturated carbocycles. The van der Waals surface area contributed by atoms with E-state index in [1.165, 1.54) is 41.9 Å². The Morgan fingerprint density at radius 2 is 1.97 bits per heavy atom. The number of pyridine rings is 1. The predicted octanol–water partition coefficient (Wildman–Crippen LogP) is 2.75. The molecule has 1 aliphatic heterocycles. The normalized spacial score (nSPS) is 17.4. The number of halogens is 3. The molecule has 1 aromatic heterocycles. The van der Waals surface area contributed by atoms with Gasteiger partial charge in [0.15, 0.2) is 6.61 Å². The molecule has 1 unspecified atom stereocenters. The molecule has 1 N–H and O–H groups in total. The number of methoxy groups -OCH3 is 1. The van der Waals surface area contributed by atoms with Gasteiger partial charge in [-0.3, -0.25) is 4.79 Å². The van der Waals surface area contributed by atoms with Crippen LogP contribution in [0.2, 0.25) is 0 Å². The molecule has 12 heteroatoms. The molecule has 1 aromatic carbocycles. The van der Waals surface area contributed by atoms with E-state index in [1.807, 2.05) is 0 Å². The third-order valence-corrected chi connectivity index (χ3v) is 7.01. The van der Waals surface area contributed by atoms with Gasteiger partial charge in [0, 0.05) is 31.4 Å². The molecule has 1 saturated heterocycles. The van der Waals surface area contributed by atoms with E-state index in [9.17, 15) is 26.4 Å². The first-order chi connectivity index (χ1) is 15.6. The van der Waals surface area contributed by atoms with E-state index in [0.717, 1.165) is 0 Å². The average Bonchev–Trinajstić information content (AvgIpc) is 2.81. The largest absolute Gasteiger partial charge is 0.497 e. The van der Waals surface area contributed by atoms with E-state index in [2.05, 4.69) is 10.3 Å². The number of amides is 1. The van der Waals surface area contributed by atoms with Crippen LogP contribution in [0.4, 0.5) is 13.2 Å². The minimum Gasteiger partial charge on any atom is -0.497 e. The quantitative estimate of drug-likeness (QED) is 0.615. The van der Waals surface area contributed by atoms with Crippen LogP contribution in [0.25, 0.3) is 0 Å². The predicted molar refractivity (Wildman–Crippen MR) is 112 cm³/mol. The number of ether oxygens (including phenoxy) is 2. The second kappa shape index (κ2) is 10.4. The lowest BCUT2D eigenvalue weighted by Crippen LogP contribution is -2.45. The average molecular weight is 488 g/mol. The first kappa shape index (κ1) is 24.8. The summed E-state index contributed by atoms with van der Waals surface area (Å²) in [6.07, 6.45) is -2.23. The smallest absolute Gasteiger partial charge is 0.422 e. The van der Waals surface area contributed by atoms with Crippen LogP contribution < -0.4 is 14.8 Å². The van der Waals surface area contributed by atoms with Crippen LogP contribution in [0.3, 0.4) is 0 Å². The molecule has 8 nitrogen and oxygen atoms in total. The van der Waals surface area contributed by atoms with Gasteiger partial charge in [-0.05, 0) is 43.2 Å². The monoisotopic (exact) mass is 487 g/mol. The van der Waals surface area contributed by atoms with E-state index < -0.39 is 34.6 Å². The Morgan fingerprint density at radius 3 is 2.64 bits per heavy atom. The Labute approximate surface area is 189 Å². The number of aromatic nitrogens is 1. The highest BCUT2D eigenvalue weighted by Crippen LogP contribution is 2.26. The molecule has 2 heterocycles. The Balaban J connectivity index is 1.62. The zero-order valence-electron chi connectivity index (χ0n) is 17.8. The van der Waals surface area contributed by atoms with Crippen LogP contribution in [0, 0.1) is 5.92 Å². The Kier molecular flexibility index (Phi) is 7.80. The molecule has 0 bridgehead atoms. The molecule has 180 valence electrons. The maximum atomic E-state index is 13.0. The van der Waals surface area contributed by atoms with Crippen molar-refractivity contribution >= 4 is 15.9 Å². The summed E-state index contributed by atoms with van der Waals surface area (Å²) in [5.41, 5.74) is 0.286. The van der Waals surface area contributed by atoms with Crippen molar-refractivity contribution in [2.24, 2.45) is 5.92 Å². The summed E-state index contributed by atoms with van der Waals surface area (Å²) in [7, 11) is -2.31. The second-order valence-electron chi connectivity index (χ2n) is 7.47. The Hall–Kier alpha value is -2.86. The highest BCUT2D eigenvalue weighted by Gasteiger charge is 2.33. The van der Waals surface area contributed by atoms with Crippen molar-refractivity contribution in [3.8, 4) is 11.6 Å². The topological polar surface area (TPSA) is 97.8 Å². The van der Waals surface area contributed by atoms with Gasteiger partial charge in [0.25, 0.3) is 0 Å². The molecule has 0 radical (unpaired) electrons. The van der Waals surface area contributed by atoms with Gasteiger partial charge in [-0.15, -0.1) is 0 Å². The van der Waals surface area contributed by atoms with Gasteiger partial charge in [-0.25, -0.2) is 13.4 Å². The standard InChI is InChI=1S/C21H24F3N3O5S/c1-31-17-6-8-18(9-7-17)33(29,30)27-11-3-5-16(13-27)19(28)26-12-15-4-2-10-25-20(15)32-14-21(22,23)24/h2,4,6-10,16H,3,5,11-14H2,1H3,(H,26,28). The third kappa shape index (κ3) is 6.57. The maximum Gasteiger partial charge on any atom is 0.422 e. The van der Waals surface area contributed by atoms with Gasteiger partial charge in [0.2, 0.25) is 21.8 Å². The first-order valence-corrected chi connectivity index (χ1v) is 11.6. The van der Waals surface area contributed by atoms with Gasteiger partial charge >= 0.3 is 6.18 Å². The van der Waals surface area contributed by atoms with Crippen molar-refractivity contribution in [1.29, 1.82) is 0 Å². The number of hydrogen-bond acceptors (Lipinski definition) is 6. The SMILES string of the molecule is COc1ccc(S(=O)(=O)N2CCCC(C(=O)NCc3cccnc3OCC(F)(F)F)C2)cc1. The summed E-state index contributed by atoms with van der Waals surface area (Å²) in [4.78, 5) is 16.6. The van der Waals surface area contributed by atoms with Crippen molar-refractivity contribution in [1.82, 2.24) is 14.6 Å². The van der Waals surface area contributed by atoms with E-state index in [-0.39, 0.29) is 36.0 Å². The first-order valence-electron chi connectivity index (χ1n) is 10.2. The number of carbonyl (C=O) groups is 1. The minimum absolute atomic E-state index is 0.00463. The summed E-state index contributed by atoms with van der Waals surface area (Å²) in [6.45, 7) is -1.30. The number of hydrogen-bond donors (Lipinski definition) is 1. The minimum atomic E-state index is -4.51. The number of nitrogens with zero attached hydrogens (tertiary/aromatic N) is 2. The molecular weight excluding hydrogens is 463 g/mol. The third-order valence-electron chi connectivity index (χ3n) is 5.13. The van der Waals surface area contributed by atoms with Crippen molar-refractivity contribution in [2.45, 2.75) is 30.5 Å². The van der Waals surface area contributed by atoms with Crippen LogP contribution in [0.5, 0.6) is 11.6 Å². The van der Waals surface area contributed by atoms with Crippen molar-refractivity contribution < 1.29 is 35.9 Å². The summed E-state index contributed by atoms with van der Waals surface area (Å²) >= 11 is 0. The lowest BCUT2D eigenvalue weighted by molar-refractivity contribution is -0.154. The molecule has 0 spiro atoms. The molecule has 2 aromatic rings. The van der Waals surface area contributed by atoms with Crippen LogP contribution >= 0.6 is 0 Å². The fourth-order valence-corrected chi connectivity index (χ4v) is 4.96. The van der Waals surface area contributed by atoms with E-state index >= 15 is 0 Å². The zero-order valence-corrected chi connectivity index (χ0v) is 18.7. The van der Waals surface area contributed by atoms with Crippen LogP contribution in [0.1, 0.15) is 18.4 Å². The number of carbonyl (C=O) groups excluding carboxylic acids is 1. The van der Waals surface area contributed by atoms with Gasteiger partial charge in [0.1, 0.15) is 5.75 Å². The van der Waals surface area contributed by atoms with Crippen molar-refractivity contribution in [2.75, 3.05) is 26.8 Å². The van der Waals surface area contributed by atoms with Gasteiger partial charge in [-0.2, -0.15) is 17.5 Å². The molecule has 33 heavy (non-hydrogen) atoms. The second-order valence-corrected chi connectivity index (χ2v) is 9.41. The molecule has 1 fully saturated rings. The highest BCUT2D eigenvalue weighted by molar-refractivity contribution is 7.89. The summed E-state index contributed by atoms with van der Waals surface area (Å²) < 4.78 is 74.3. The summed E-state index contributed by atoms with van der Waals surface area (Å²) in [5, 5.41) is 2.65. The summed E-state index contributed by atoms with van der Waals surface area (Å²) in [5.74, 6) is -0.681. The van der Waals surface area contributed by atoms with Gasteiger partial charge in [-0.1, -0.05) is 6.07 Å². The number of nitrogens with one attached hydrogen (secondary N) is 1. The van der Waals surface area contributed by atoms with E-state index in [1.54, 1.807) is 12.1 Å². The Bertz CT molecular complexity index is 1060. The fourth-order valence-electron chi connectivity index (χ4n) is 3.44. The molecule has 3 rings (SSSR count). The Morgan fingerprint density at radius 1 is 1.24 bits per heavy atom. The fraction of sp³-hybridized carbons (Fsp3) is 0.429. The van der Waals surface area contributed by atoms with Crippen LogP contribution in [-0.4, -0.2) is 56.6 Å². The van der Waals surface area contributed by atoms with Crippen LogP contribution in [0.15, 0.2) is 47.5 Å². The maximum absolute atomic E-state index is 13.0. The number of alkyl halides is 3.